The summed E-state index contributed by atoms with van der Waals surface area (Å²) in [7, 11) is 3.35. The van der Waals surface area contributed by atoms with Crippen LogP contribution < -0.4 is 14.8 Å². The van der Waals surface area contributed by atoms with Gasteiger partial charge in [-0.1, -0.05) is 12.8 Å². The van der Waals surface area contributed by atoms with Gasteiger partial charge in [-0.25, -0.2) is 0 Å². The maximum Gasteiger partial charge on any atom is 0.128 e. The van der Waals surface area contributed by atoms with Crippen molar-refractivity contribution >= 4 is 0 Å². The zero-order chi connectivity index (χ0) is 14.0. The van der Waals surface area contributed by atoms with E-state index in [1.54, 1.807) is 14.2 Å². The normalized spacial score (nSPS) is 24.8. The molecule has 0 radical (unpaired) electrons. The second kappa shape index (κ2) is 5.62. The zero-order valence-electron chi connectivity index (χ0n) is 12.3. The van der Waals surface area contributed by atoms with Crippen molar-refractivity contribution in [2.75, 3.05) is 27.4 Å². The molecule has 20 heavy (non-hydrogen) atoms. The molecule has 0 bridgehead atoms. The molecule has 1 N–H and O–H groups in total. The molecule has 1 unspecified atom stereocenters. The summed E-state index contributed by atoms with van der Waals surface area (Å²) in [6.07, 6.45) is 5.15. The average molecular weight is 277 g/mol. The van der Waals surface area contributed by atoms with Gasteiger partial charge in [0.2, 0.25) is 0 Å². The molecule has 1 saturated carbocycles. The lowest BCUT2D eigenvalue weighted by Gasteiger charge is -2.39. The van der Waals surface area contributed by atoms with E-state index in [2.05, 4.69) is 5.32 Å². The minimum atomic E-state index is 0.0575. The highest BCUT2D eigenvalue weighted by atomic mass is 16.5. The molecule has 2 fully saturated rings. The lowest BCUT2D eigenvalue weighted by molar-refractivity contribution is -0.0335. The van der Waals surface area contributed by atoms with Crippen molar-refractivity contribution in [3.63, 3.8) is 0 Å². The Kier molecular flexibility index (Phi) is 3.85. The fraction of sp³-hybridized carbons (Fsp3) is 0.625. The maximum absolute atomic E-state index is 6.13. The Morgan fingerprint density at radius 2 is 2.00 bits per heavy atom. The fourth-order valence-corrected chi connectivity index (χ4v) is 3.34. The zero-order valence-corrected chi connectivity index (χ0v) is 12.3. The predicted molar refractivity (Wildman–Crippen MR) is 77.4 cm³/mol. The van der Waals surface area contributed by atoms with Crippen LogP contribution in [0.2, 0.25) is 0 Å². The first-order chi connectivity index (χ1) is 9.76. The topological polar surface area (TPSA) is 39.7 Å². The Morgan fingerprint density at radius 3 is 2.60 bits per heavy atom. The Labute approximate surface area is 120 Å². The summed E-state index contributed by atoms with van der Waals surface area (Å²) >= 11 is 0. The van der Waals surface area contributed by atoms with Crippen LogP contribution in [0.3, 0.4) is 0 Å². The van der Waals surface area contributed by atoms with Crippen LogP contribution in [0.25, 0.3) is 0 Å². The third-order valence-corrected chi connectivity index (χ3v) is 4.57. The summed E-state index contributed by atoms with van der Waals surface area (Å²) < 4.78 is 16.8. The van der Waals surface area contributed by atoms with Gasteiger partial charge < -0.3 is 19.5 Å². The summed E-state index contributed by atoms with van der Waals surface area (Å²) in [5, 5.41) is 3.71. The highest BCUT2D eigenvalue weighted by Crippen LogP contribution is 2.38. The van der Waals surface area contributed by atoms with Crippen LogP contribution in [0.1, 0.15) is 37.4 Å². The molecule has 3 rings (SSSR count). The molecule has 4 heteroatoms. The Bertz CT molecular complexity index is 459. The molecule has 0 amide bonds. The van der Waals surface area contributed by atoms with E-state index in [-0.39, 0.29) is 11.6 Å². The molecule has 4 nitrogen and oxygen atoms in total. The number of morpholine rings is 1. The average Bonchev–Trinajstić information content (AvgIpc) is 2.96. The van der Waals surface area contributed by atoms with E-state index in [1.165, 1.54) is 25.7 Å². The van der Waals surface area contributed by atoms with Crippen molar-refractivity contribution in [2.45, 2.75) is 37.3 Å². The summed E-state index contributed by atoms with van der Waals surface area (Å²) in [5.41, 5.74) is 1.32. The van der Waals surface area contributed by atoms with Gasteiger partial charge in [0.05, 0.1) is 26.9 Å². The first kappa shape index (κ1) is 13.7. The first-order valence-electron chi connectivity index (χ1n) is 7.35. The van der Waals surface area contributed by atoms with E-state index in [0.717, 1.165) is 30.2 Å². The van der Waals surface area contributed by atoms with E-state index in [1.807, 2.05) is 18.2 Å². The van der Waals surface area contributed by atoms with Gasteiger partial charge in [-0.3, -0.25) is 0 Å². The number of methoxy groups -OCH3 is 2. The quantitative estimate of drug-likeness (QED) is 0.922. The summed E-state index contributed by atoms with van der Waals surface area (Å²) in [4.78, 5) is 0. The lowest BCUT2D eigenvalue weighted by atomic mass is 9.95. The Morgan fingerprint density at radius 1 is 1.20 bits per heavy atom. The van der Waals surface area contributed by atoms with E-state index >= 15 is 0 Å². The molecule has 0 aromatic heterocycles. The minimum absolute atomic E-state index is 0.0575. The van der Waals surface area contributed by atoms with Gasteiger partial charge in [0.1, 0.15) is 11.5 Å². The number of ether oxygens (including phenoxy) is 3. The highest BCUT2D eigenvalue weighted by molar-refractivity contribution is 5.42. The van der Waals surface area contributed by atoms with Gasteiger partial charge in [-0.15, -0.1) is 0 Å². The maximum atomic E-state index is 6.13. The number of benzene rings is 1. The van der Waals surface area contributed by atoms with Crippen molar-refractivity contribution in [2.24, 2.45) is 0 Å². The van der Waals surface area contributed by atoms with Crippen LogP contribution in [0.15, 0.2) is 18.2 Å². The molecule has 1 saturated heterocycles. The van der Waals surface area contributed by atoms with Gasteiger partial charge in [0.15, 0.2) is 0 Å². The molecule has 1 heterocycles. The smallest absolute Gasteiger partial charge is 0.128 e. The minimum Gasteiger partial charge on any atom is -0.497 e. The lowest BCUT2D eigenvalue weighted by Crippen LogP contribution is -2.53. The molecular formula is C16H23NO3. The summed E-state index contributed by atoms with van der Waals surface area (Å²) in [6, 6.07) is 5.91. The van der Waals surface area contributed by atoms with Crippen molar-refractivity contribution in [3.05, 3.63) is 23.8 Å². The standard InChI is InChI=1S/C16H23NO3/c1-18-12-5-6-13(14(9-12)19-2)15-10-17-16(11-20-15)7-3-4-8-16/h5-6,9,15,17H,3-4,7-8,10-11H2,1-2H3. The first-order valence-corrected chi connectivity index (χ1v) is 7.35. The number of nitrogens with one attached hydrogen (secondary N) is 1. The number of hydrogen-bond acceptors (Lipinski definition) is 4. The summed E-state index contributed by atoms with van der Waals surface area (Å²) in [5.74, 6) is 1.64. The van der Waals surface area contributed by atoms with Gasteiger partial charge >= 0.3 is 0 Å². The van der Waals surface area contributed by atoms with E-state index < -0.39 is 0 Å². The van der Waals surface area contributed by atoms with Crippen LogP contribution in [-0.4, -0.2) is 32.9 Å². The number of hydrogen-bond donors (Lipinski definition) is 1. The van der Waals surface area contributed by atoms with Crippen LogP contribution >= 0.6 is 0 Å². The van der Waals surface area contributed by atoms with Gasteiger partial charge in [0.25, 0.3) is 0 Å². The van der Waals surface area contributed by atoms with Crippen molar-refractivity contribution < 1.29 is 14.2 Å². The highest BCUT2D eigenvalue weighted by Gasteiger charge is 2.38. The van der Waals surface area contributed by atoms with Crippen molar-refractivity contribution in [1.29, 1.82) is 0 Å². The molecule has 1 spiro atoms. The largest absolute Gasteiger partial charge is 0.497 e. The molecule has 1 aliphatic carbocycles. The van der Waals surface area contributed by atoms with Crippen molar-refractivity contribution in [3.8, 4) is 11.5 Å². The second-order valence-corrected chi connectivity index (χ2v) is 5.78. The van der Waals surface area contributed by atoms with E-state index in [0.29, 0.717) is 0 Å². The van der Waals surface area contributed by atoms with Crippen LogP contribution in [0.5, 0.6) is 11.5 Å². The monoisotopic (exact) mass is 277 g/mol. The SMILES string of the molecule is COc1ccc(C2CNC3(CCCC3)CO2)c(OC)c1. The molecule has 1 atom stereocenters. The Hall–Kier alpha value is -1.26. The van der Waals surface area contributed by atoms with Crippen LogP contribution in [-0.2, 0) is 4.74 Å². The van der Waals surface area contributed by atoms with Crippen LogP contribution in [0.4, 0.5) is 0 Å². The Balaban J connectivity index is 1.74. The van der Waals surface area contributed by atoms with E-state index in [9.17, 15) is 0 Å². The van der Waals surface area contributed by atoms with Crippen molar-refractivity contribution in [1.82, 2.24) is 5.32 Å². The van der Waals surface area contributed by atoms with Gasteiger partial charge in [-0.05, 0) is 25.0 Å². The molecule has 2 aliphatic rings. The second-order valence-electron chi connectivity index (χ2n) is 5.78. The van der Waals surface area contributed by atoms with Gasteiger partial charge in [-0.2, -0.15) is 0 Å². The van der Waals surface area contributed by atoms with Crippen LogP contribution in [0, 0.1) is 0 Å². The molecule has 110 valence electrons. The number of rotatable bonds is 3. The third kappa shape index (κ3) is 2.50. The molecule has 1 aromatic carbocycles. The third-order valence-electron chi connectivity index (χ3n) is 4.57. The van der Waals surface area contributed by atoms with Gasteiger partial charge in [0, 0.05) is 23.7 Å². The fourth-order valence-electron chi connectivity index (χ4n) is 3.34. The molecule has 1 aliphatic heterocycles. The molecular weight excluding hydrogens is 254 g/mol. The predicted octanol–water partition coefficient (Wildman–Crippen LogP) is 2.68. The van der Waals surface area contributed by atoms with E-state index in [4.69, 9.17) is 14.2 Å². The molecule has 1 aromatic rings. The summed E-state index contributed by atoms with van der Waals surface area (Å²) in [6.45, 7) is 1.65.